The van der Waals surface area contributed by atoms with E-state index in [1.54, 1.807) is 29.8 Å². The number of ether oxygens (including phenoxy) is 1. The van der Waals surface area contributed by atoms with Gasteiger partial charge in [-0.1, -0.05) is 0 Å². The first-order valence-electron chi connectivity index (χ1n) is 6.90. The number of carbonyl (C=O) groups excluding carboxylic acids is 2. The highest BCUT2D eigenvalue weighted by Gasteiger charge is 2.21. The molecule has 1 aliphatic rings. The summed E-state index contributed by atoms with van der Waals surface area (Å²) < 4.78 is 6.63. The lowest BCUT2D eigenvalue weighted by atomic mass is 10.3. The number of likely N-dealkylation sites (N-methyl/N-ethyl adjacent to an activating group) is 1. The zero-order chi connectivity index (χ0) is 14.5. The van der Waals surface area contributed by atoms with Gasteiger partial charge in [-0.25, -0.2) is 4.79 Å². The van der Waals surface area contributed by atoms with Gasteiger partial charge in [0.15, 0.2) is 0 Å². The molecule has 6 heteroatoms. The van der Waals surface area contributed by atoms with Gasteiger partial charge in [-0.2, -0.15) is 0 Å². The van der Waals surface area contributed by atoms with Crippen molar-refractivity contribution in [3.63, 3.8) is 0 Å². The Morgan fingerprint density at radius 2 is 1.95 bits per heavy atom. The Morgan fingerprint density at radius 1 is 1.25 bits per heavy atom. The minimum absolute atomic E-state index is 0.0415. The first-order chi connectivity index (χ1) is 9.61. The molecule has 1 aromatic heterocycles. The second kappa shape index (κ2) is 6.56. The van der Waals surface area contributed by atoms with E-state index < -0.39 is 0 Å². The molecule has 6 nitrogen and oxygen atoms in total. The average Bonchev–Trinajstić information content (AvgIpc) is 2.88. The molecule has 20 heavy (non-hydrogen) atoms. The van der Waals surface area contributed by atoms with Crippen LogP contribution in [0.2, 0.25) is 0 Å². The second-order valence-electron chi connectivity index (χ2n) is 4.93. The maximum absolute atomic E-state index is 12.2. The third kappa shape index (κ3) is 3.39. The van der Waals surface area contributed by atoms with E-state index in [0.717, 1.165) is 26.2 Å². The number of hydrogen-bond donors (Lipinski definition) is 0. The highest BCUT2D eigenvalue weighted by Crippen LogP contribution is 2.07. The summed E-state index contributed by atoms with van der Waals surface area (Å²) in [4.78, 5) is 28.0. The third-order valence-corrected chi connectivity index (χ3v) is 3.48. The number of amides is 1. The number of esters is 1. The van der Waals surface area contributed by atoms with Crippen LogP contribution in [0.1, 0.15) is 17.4 Å². The Morgan fingerprint density at radius 3 is 2.60 bits per heavy atom. The minimum Gasteiger partial charge on any atom is -0.461 e. The highest BCUT2D eigenvalue weighted by atomic mass is 16.5. The molecule has 0 aliphatic carbocycles. The van der Waals surface area contributed by atoms with Crippen LogP contribution in [0.25, 0.3) is 0 Å². The molecular weight excluding hydrogens is 258 g/mol. The molecule has 1 amide bonds. The van der Waals surface area contributed by atoms with E-state index >= 15 is 0 Å². The van der Waals surface area contributed by atoms with Crippen LogP contribution >= 0.6 is 0 Å². The van der Waals surface area contributed by atoms with E-state index in [9.17, 15) is 9.59 Å². The quantitative estimate of drug-likeness (QED) is 0.750. The molecule has 1 fully saturated rings. The molecule has 1 aromatic rings. The molecule has 1 saturated heterocycles. The summed E-state index contributed by atoms with van der Waals surface area (Å²) in [5.74, 6) is -0.344. The van der Waals surface area contributed by atoms with Crippen molar-refractivity contribution in [2.45, 2.75) is 13.5 Å². The second-order valence-corrected chi connectivity index (χ2v) is 4.93. The van der Waals surface area contributed by atoms with E-state index in [-0.39, 0.29) is 18.4 Å². The van der Waals surface area contributed by atoms with Crippen molar-refractivity contribution in [3.05, 3.63) is 24.0 Å². The highest BCUT2D eigenvalue weighted by molar-refractivity contribution is 5.88. The monoisotopic (exact) mass is 279 g/mol. The zero-order valence-corrected chi connectivity index (χ0v) is 12.0. The van der Waals surface area contributed by atoms with Gasteiger partial charge in [-0.05, 0) is 26.1 Å². The number of hydrogen-bond acceptors (Lipinski definition) is 4. The fourth-order valence-corrected chi connectivity index (χ4v) is 2.24. The van der Waals surface area contributed by atoms with Gasteiger partial charge in [0.05, 0.1) is 6.61 Å². The van der Waals surface area contributed by atoms with Crippen LogP contribution in [0, 0.1) is 0 Å². The summed E-state index contributed by atoms with van der Waals surface area (Å²) in [6.07, 6.45) is 1.74. The minimum atomic E-state index is -0.385. The van der Waals surface area contributed by atoms with Crippen molar-refractivity contribution in [2.75, 3.05) is 39.8 Å². The Balaban J connectivity index is 1.98. The molecule has 2 heterocycles. The molecule has 0 aromatic carbocycles. The van der Waals surface area contributed by atoms with Crippen LogP contribution < -0.4 is 0 Å². The normalized spacial score (nSPS) is 16.2. The predicted molar refractivity (Wildman–Crippen MR) is 74.5 cm³/mol. The first-order valence-corrected chi connectivity index (χ1v) is 6.90. The predicted octanol–water partition coefficient (Wildman–Crippen LogP) is 0.439. The maximum atomic E-state index is 12.2. The number of aromatic nitrogens is 1. The van der Waals surface area contributed by atoms with Gasteiger partial charge in [-0.15, -0.1) is 0 Å². The fraction of sp³-hybridized carbons (Fsp3) is 0.571. The fourth-order valence-electron chi connectivity index (χ4n) is 2.24. The van der Waals surface area contributed by atoms with Crippen LogP contribution in [0.4, 0.5) is 0 Å². The van der Waals surface area contributed by atoms with Crippen molar-refractivity contribution < 1.29 is 14.3 Å². The van der Waals surface area contributed by atoms with E-state index in [1.165, 1.54) is 0 Å². The maximum Gasteiger partial charge on any atom is 0.354 e. The molecule has 0 atom stereocenters. The Labute approximate surface area is 118 Å². The van der Waals surface area contributed by atoms with E-state index in [2.05, 4.69) is 4.90 Å². The number of carbonyl (C=O) groups is 2. The molecule has 0 spiro atoms. The van der Waals surface area contributed by atoms with Crippen molar-refractivity contribution >= 4 is 11.9 Å². The van der Waals surface area contributed by atoms with Gasteiger partial charge in [0.2, 0.25) is 5.91 Å². The van der Waals surface area contributed by atoms with Crippen molar-refractivity contribution in [1.29, 1.82) is 0 Å². The lowest BCUT2D eigenvalue weighted by Gasteiger charge is -2.32. The summed E-state index contributed by atoms with van der Waals surface area (Å²) >= 11 is 0. The van der Waals surface area contributed by atoms with Gasteiger partial charge in [0, 0.05) is 32.4 Å². The number of rotatable bonds is 4. The Kier molecular flexibility index (Phi) is 4.79. The van der Waals surface area contributed by atoms with Gasteiger partial charge in [-0.3, -0.25) is 4.79 Å². The number of piperazine rings is 1. The average molecular weight is 279 g/mol. The van der Waals surface area contributed by atoms with E-state index in [1.807, 2.05) is 11.9 Å². The number of nitrogens with zero attached hydrogens (tertiary/aromatic N) is 3. The van der Waals surface area contributed by atoms with Gasteiger partial charge < -0.3 is 19.1 Å². The van der Waals surface area contributed by atoms with E-state index in [0.29, 0.717) is 12.3 Å². The van der Waals surface area contributed by atoms with Gasteiger partial charge >= 0.3 is 5.97 Å². The molecule has 1 aliphatic heterocycles. The topological polar surface area (TPSA) is 54.8 Å². The molecule has 0 bridgehead atoms. The third-order valence-electron chi connectivity index (χ3n) is 3.48. The van der Waals surface area contributed by atoms with Crippen LogP contribution in [0.15, 0.2) is 18.3 Å². The van der Waals surface area contributed by atoms with Crippen molar-refractivity contribution in [2.24, 2.45) is 0 Å². The lowest BCUT2D eigenvalue weighted by Crippen LogP contribution is -2.48. The SMILES string of the molecule is CCOC(=O)c1cccn1CC(=O)N1CCN(C)CC1. The largest absolute Gasteiger partial charge is 0.461 e. The summed E-state index contributed by atoms with van der Waals surface area (Å²) in [7, 11) is 2.05. The molecule has 110 valence electrons. The zero-order valence-electron chi connectivity index (χ0n) is 12.0. The van der Waals surface area contributed by atoms with Crippen LogP contribution in [-0.4, -0.2) is 66.1 Å². The van der Waals surface area contributed by atoms with Gasteiger partial charge in [0.1, 0.15) is 12.2 Å². The Hall–Kier alpha value is -1.82. The molecular formula is C14H21N3O3. The summed E-state index contributed by atoms with van der Waals surface area (Å²) in [6, 6.07) is 3.43. The summed E-state index contributed by atoms with van der Waals surface area (Å²) in [5, 5.41) is 0. The van der Waals surface area contributed by atoms with Crippen LogP contribution in [0.3, 0.4) is 0 Å². The lowest BCUT2D eigenvalue weighted by molar-refractivity contribution is -0.133. The van der Waals surface area contributed by atoms with Crippen molar-refractivity contribution in [3.8, 4) is 0 Å². The van der Waals surface area contributed by atoms with E-state index in [4.69, 9.17) is 4.74 Å². The van der Waals surface area contributed by atoms with Gasteiger partial charge in [0.25, 0.3) is 0 Å². The first kappa shape index (κ1) is 14.6. The molecule has 0 unspecified atom stereocenters. The smallest absolute Gasteiger partial charge is 0.354 e. The molecule has 0 radical (unpaired) electrons. The Bertz CT molecular complexity index is 476. The van der Waals surface area contributed by atoms with Crippen LogP contribution in [-0.2, 0) is 16.1 Å². The van der Waals surface area contributed by atoms with Crippen molar-refractivity contribution in [1.82, 2.24) is 14.4 Å². The molecule has 0 saturated carbocycles. The van der Waals surface area contributed by atoms with Crippen LogP contribution in [0.5, 0.6) is 0 Å². The standard InChI is InChI=1S/C14H21N3O3/c1-3-20-14(19)12-5-4-6-17(12)11-13(18)16-9-7-15(2)8-10-16/h4-6H,3,7-11H2,1-2H3. The molecule has 2 rings (SSSR count). The summed E-state index contributed by atoms with van der Waals surface area (Å²) in [5.41, 5.74) is 0.425. The molecule has 0 N–H and O–H groups in total. The summed E-state index contributed by atoms with van der Waals surface area (Å²) in [6.45, 7) is 5.54.